The van der Waals surface area contributed by atoms with E-state index in [0.717, 1.165) is 17.8 Å². The number of aryl methyl sites for hydroxylation is 1. The summed E-state index contributed by atoms with van der Waals surface area (Å²) in [6.45, 7) is 0. The van der Waals surface area contributed by atoms with Gasteiger partial charge in [0.05, 0.1) is 25.1 Å². The number of benzene rings is 2. The van der Waals surface area contributed by atoms with Crippen LogP contribution < -0.4 is 26.4 Å². The number of carboxylic acid groups (broad SMARTS) is 1. The summed E-state index contributed by atoms with van der Waals surface area (Å²) in [6.07, 6.45) is 4.54. The molecule has 5 N–H and O–H groups in total. The van der Waals surface area contributed by atoms with Gasteiger partial charge in [0.15, 0.2) is 17.3 Å². The van der Waals surface area contributed by atoms with Gasteiger partial charge in [-0.2, -0.15) is 4.98 Å². The lowest BCUT2D eigenvalue weighted by Gasteiger charge is -2.17. The van der Waals surface area contributed by atoms with Crippen LogP contribution in [-0.2, 0) is 19.3 Å². The van der Waals surface area contributed by atoms with E-state index in [-0.39, 0.29) is 59.5 Å². The molecule has 0 bridgehead atoms. The number of carbonyl (C=O) groups is 1. The Labute approximate surface area is 239 Å². The van der Waals surface area contributed by atoms with E-state index in [9.17, 15) is 14.7 Å². The van der Waals surface area contributed by atoms with Gasteiger partial charge in [-0.25, -0.2) is 18.6 Å². The maximum Gasteiger partial charge on any atom is 0.341 e. The van der Waals surface area contributed by atoms with E-state index in [1.165, 1.54) is 25.0 Å². The van der Waals surface area contributed by atoms with Gasteiger partial charge in [-0.1, -0.05) is 6.07 Å². The van der Waals surface area contributed by atoms with E-state index in [0.29, 0.717) is 41.9 Å². The number of nitrogen functional groups attached to an aromatic ring is 2. The van der Waals surface area contributed by atoms with Gasteiger partial charge in [0.1, 0.15) is 17.2 Å². The fraction of sp³-hybridized carbons (Fsp3) is 0.286. The number of hydrogen-bond acceptors (Lipinski definition) is 8. The summed E-state index contributed by atoms with van der Waals surface area (Å²) in [6, 6.07) is 4.37. The van der Waals surface area contributed by atoms with Crippen LogP contribution in [0.4, 0.5) is 20.5 Å². The highest BCUT2D eigenvalue weighted by Gasteiger charge is 2.30. The van der Waals surface area contributed by atoms with Crippen molar-refractivity contribution in [2.45, 2.75) is 38.1 Å². The van der Waals surface area contributed by atoms with E-state index in [1.807, 2.05) is 6.07 Å². The Morgan fingerprint density at radius 3 is 2.46 bits per heavy atom. The Balaban J connectivity index is 0.00000387. The predicted molar refractivity (Wildman–Crippen MR) is 151 cm³/mol. The van der Waals surface area contributed by atoms with Crippen LogP contribution in [0.3, 0.4) is 0 Å². The SMILES string of the molecule is COc1cc(Cc2cnc(N)nc2N)cc(CCc2c(F)cc3c(=O)c(C(=O)O)cn(C4CC4)c3c2F)c1OC.Cl. The lowest BCUT2D eigenvalue weighted by molar-refractivity contribution is 0.0694. The van der Waals surface area contributed by atoms with Crippen molar-refractivity contribution in [3.05, 3.63) is 80.3 Å². The lowest BCUT2D eigenvalue weighted by atomic mass is 9.96. The molecule has 0 unspecified atom stereocenters. The van der Waals surface area contributed by atoms with E-state index in [4.69, 9.17) is 20.9 Å². The molecule has 0 amide bonds. The maximum atomic E-state index is 15.9. The van der Waals surface area contributed by atoms with Crippen LogP contribution in [0.1, 0.15) is 51.5 Å². The molecule has 10 nitrogen and oxygen atoms in total. The minimum Gasteiger partial charge on any atom is -0.493 e. The first-order chi connectivity index (χ1) is 19.1. The molecule has 0 atom stereocenters. The van der Waals surface area contributed by atoms with Crippen LogP contribution in [0.25, 0.3) is 10.9 Å². The number of hydrogen-bond donors (Lipinski definition) is 3. The van der Waals surface area contributed by atoms with Gasteiger partial charge in [-0.05, 0) is 48.9 Å². The van der Waals surface area contributed by atoms with Crippen molar-refractivity contribution in [3.8, 4) is 11.5 Å². The highest BCUT2D eigenvalue weighted by molar-refractivity contribution is 5.93. The number of carboxylic acids is 1. The molecular weight excluding hydrogens is 560 g/mol. The third kappa shape index (κ3) is 5.60. The normalized spacial score (nSPS) is 12.7. The second-order valence-corrected chi connectivity index (χ2v) is 9.67. The summed E-state index contributed by atoms with van der Waals surface area (Å²) in [5.74, 6) is -2.13. The second-order valence-electron chi connectivity index (χ2n) is 9.67. The quantitative estimate of drug-likeness (QED) is 0.262. The van der Waals surface area contributed by atoms with Crippen LogP contribution in [-0.4, -0.2) is 39.8 Å². The smallest absolute Gasteiger partial charge is 0.341 e. The van der Waals surface area contributed by atoms with Crippen LogP contribution in [0, 0.1) is 11.6 Å². The number of aromatic nitrogens is 3. The summed E-state index contributed by atoms with van der Waals surface area (Å²) >= 11 is 0. The van der Waals surface area contributed by atoms with E-state index >= 15 is 8.78 Å². The lowest BCUT2D eigenvalue weighted by Crippen LogP contribution is -2.20. The minimum atomic E-state index is -1.44. The fourth-order valence-corrected chi connectivity index (χ4v) is 4.95. The number of methoxy groups -OCH3 is 2. The van der Waals surface area contributed by atoms with Crippen molar-refractivity contribution in [1.29, 1.82) is 0 Å². The highest BCUT2D eigenvalue weighted by atomic mass is 35.5. The zero-order chi connectivity index (χ0) is 28.7. The van der Waals surface area contributed by atoms with Gasteiger partial charge in [0.25, 0.3) is 0 Å². The van der Waals surface area contributed by atoms with Crippen molar-refractivity contribution in [3.63, 3.8) is 0 Å². The third-order valence-corrected chi connectivity index (χ3v) is 7.04. The standard InChI is InChI=1S/C28H27F2N5O5.ClH/c1-39-21-9-13(8-15-11-33-28(32)34-26(15)31)7-14(25(21)40-2)3-6-17-20(29)10-18-23(22(17)30)35(16-4-5-16)12-19(24(18)36)27(37)38;/h7,9-12,16H,3-6,8H2,1-2H3,(H,37,38)(H4,31,32,33,34);1H. The number of nitrogens with two attached hydrogens (primary N) is 2. The first-order valence-corrected chi connectivity index (χ1v) is 12.5. The molecule has 2 aromatic carbocycles. The molecule has 5 rings (SSSR count). The topological polar surface area (TPSA) is 156 Å². The Morgan fingerprint density at radius 1 is 1.12 bits per heavy atom. The average Bonchev–Trinajstić information content (AvgIpc) is 3.75. The zero-order valence-corrected chi connectivity index (χ0v) is 23.1. The molecule has 2 heterocycles. The summed E-state index contributed by atoms with van der Waals surface area (Å²) in [5.41, 5.74) is 11.9. The number of nitrogens with zero attached hydrogens (tertiary/aromatic N) is 3. The molecule has 2 aromatic heterocycles. The first-order valence-electron chi connectivity index (χ1n) is 12.5. The molecule has 41 heavy (non-hydrogen) atoms. The number of halogens is 3. The molecule has 1 aliphatic rings. The Morgan fingerprint density at radius 2 is 1.85 bits per heavy atom. The molecule has 13 heteroatoms. The van der Waals surface area contributed by atoms with Gasteiger partial charge in [0.2, 0.25) is 11.4 Å². The first kappa shape index (κ1) is 29.5. The molecular formula is C28H28ClF2N5O5. The third-order valence-electron chi connectivity index (χ3n) is 7.04. The van der Waals surface area contributed by atoms with E-state index in [2.05, 4.69) is 9.97 Å². The minimum absolute atomic E-state index is 0. The molecule has 216 valence electrons. The van der Waals surface area contributed by atoms with Crippen LogP contribution in [0.15, 0.2) is 35.4 Å². The molecule has 0 spiro atoms. The van der Waals surface area contributed by atoms with Crippen LogP contribution >= 0.6 is 12.4 Å². The van der Waals surface area contributed by atoms with Gasteiger partial charge in [0, 0.05) is 36.0 Å². The number of aromatic carboxylic acids is 1. The van der Waals surface area contributed by atoms with E-state index < -0.39 is 28.6 Å². The number of fused-ring (bicyclic) bond motifs is 1. The number of ether oxygens (including phenoxy) is 2. The van der Waals surface area contributed by atoms with Crippen molar-refractivity contribution in [2.24, 2.45) is 0 Å². The average molecular weight is 588 g/mol. The highest BCUT2D eigenvalue weighted by Crippen LogP contribution is 2.39. The fourth-order valence-electron chi connectivity index (χ4n) is 4.95. The van der Waals surface area contributed by atoms with Gasteiger partial charge < -0.3 is 30.6 Å². The number of rotatable bonds is 9. The number of anilines is 2. The summed E-state index contributed by atoms with van der Waals surface area (Å²) in [5, 5.41) is 9.15. The van der Waals surface area contributed by atoms with Crippen molar-refractivity contribution < 1.29 is 28.2 Å². The van der Waals surface area contributed by atoms with Gasteiger partial charge in [-0.15, -0.1) is 12.4 Å². The molecule has 0 aliphatic heterocycles. The van der Waals surface area contributed by atoms with Crippen molar-refractivity contribution in [2.75, 3.05) is 25.7 Å². The molecule has 0 saturated heterocycles. The summed E-state index contributed by atoms with van der Waals surface area (Å²) < 4.78 is 43.7. The Bertz CT molecular complexity index is 1730. The van der Waals surface area contributed by atoms with Crippen LogP contribution in [0.5, 0.6) is 11.5 Å². The molecule has 1 fully saturated rings. The number of pyridine rings is 1. The zero-order valence-electron chi connectivity index (χ0n) is 22.2. The maximum absolute atomic E-state index is 15.9. The largest absolute Gasteiger partial charge is 0.493 e. The Hall–Kier alpha value is -4.45. The van der Waals surface area contributed by atoms with E-state index in [1.54, 1.807) is 6.07 Å². The van der Waals surface area contributed by atoms with Crippen molar-refractivity contribution in [1.82, 2.24) is 14.5 Å². The molecule has 1 aliphatic carbocycles. The molecule has 0 radical (unpaired) electrons. The summed E-state index contributed by atoms with van der Waals surface area (Å²) in [7, 11) is 2.95. The molecule has 1 saturated carbocycles. The predicted octanol–water partition coefficient (Wildman–Crippen LogP) is 4.08. The molecule has 4 aromatic rings. The van der Waals surface area contributed by atoms with Gasteiger partial charge in [-0.3, -0.25) is 4.79 Å². The Kier molecular flexibility index (Phi) is 8.34. The van der Waals surface area contributed by atoms with Crippen LogP contribution in [0.2, 0.25) is 0 Å². The summed E-state index contributed by atoms with van der Waals surface area (Å²) in [4.78, 5) is 32.3. The van der Waals surface area contributed by atoms with Gasteiger partial charge >= 0.3 is 5.97 Å². The second kappa shape index (κ2) is 11.6. The monoisotopic (exact) mass is 587 g/mol. The van der Waals surface area contributed by atoms with Crippen molar-refractivity contribution >= 4 is 41.0 Å².